The van der Waals surface area contributed by atoms with E-state index in [4.69, 9.17) is 32.7 Å². The van der Waals surface area contributed by atoms with Crippen molar-refractivity contribution in [2.45, 2.75) is 13.8 Å². The van der Waals surface area contributed by atoms with Gasteiger partial charge in [0.2, 0.25) is 0 Å². The number of nitrogens with one attached hydrogen (secondary N) is 3. The molecule has 3 aromatic rings. The van der Waals surface area contributed by atoms with Gasteiger partial charge in [0.15, 0.2) is 18.1 Å². The molecule has 3 N–H and O–H groups in total. The molecule has 0 aliphatic carbocycles. The molecule has 0 atom stereocenters. The van der Waals surface area contributed by atoms with Gasteiger partial charge >= 0.3 is 11.8 Å². The summed E-state index contributed by atoms with van der Waals surface area (Å²) in [4.78, 5) is 36.4. The first-order chi connectivity index (χ1) is 17.8. The maximum Gasteiger partial charge on any atom is 0.329 e. The van der Waals surface area contributed by atoms with E-state index < -0.39 is 11.8 Å². The van der Waals surface area contributed by atoms with Gasteiger partial charge in [0.1, 0.15) is 0 Å². The van der Waals surface area contributed by atoms with Crippen LogP contribution < -0.4 is 25.5 Å². The molecule has 11 heteroatoms. The molecule has 0 radical (unpaired) electrons. The van der Waals surface area contributed by atoms with Crippen molar-refractivity contribution in [3.63, 3.8) is 0 Å². The Labute approximate surface area is 223 Å². The number of amides is 3. The van der Waals surface area contributed by atoms with Crippen LogP contribution in [-0.2, 0) is 14.4 Å². The molecular weight excluding hydrogens is 519 g/mol. The summed E-state index contributed by atoms with van der Waals surface area (Å²) in [5, 5.41) is 9.27. The highest BCUT2D eigenvalue weighted by Crippen LogP contribution is 2.30. The molecule has 3 rings (SSSR count). The quantitative estimate of drug-likeness (QED) is 0.204. The van der Waals surface area contributed by atoms with Crippen LogP contribution in [0.1, 0.15) is 18.1 Å². The average Bonchev–Trinajstić information content (AvgIpc) is 2.87. The van der Waals surface area contributed by atoms with Crippen molar-refractivity contribution in [3.05, 3.63) is 81.8 Å². The lowest BCUT2D eigenvalue weighted by Gasteiger charge is -2.12. The van der Waals surface area contributed by atoms with Crippen LogP contribution in [0.3, 0.4) is 0 Å². The predicted octanol–water partition coefficient (Wildman–Crippen LogP) is 4.81. The van der Waals surface area contributed by atoms with Gasteiger partial charge in [-0.25, -0.2) is 5.43 Å². The Balaban J connectivity index is 1.56. The Morgan fingerprint density at radius 1 is 0.919 bits per heavy atom. The molecule has 0 heterocycles. The second-order valence-electron chi connectivity index (χ2n) is 7.60. The monoisotopic (exact) mass is 542 g/mol. The smallest absolute Gasteiger partial charge is 0.329 e. The number of hydrogen-bond acceptors (Lipinski definition) is 6. The van der Waals surface area contributed by atoms with E-state index in [1.54, 1.807) is 37.3 Å². The molecule has 3 aromatic carbocycles. The number of rotatable bonds is 9. The molecule has 0 aromatic heterocycles. The van der Waals surface area contributed by atoms with E-state index >= 15 is 0 Å². The van der Waals surface area contributed by atoms with Gasteiger partial charge in [-0.2, -0.15) is 5.10 Å². The van der Waals surface area contributed by atoms with E-state index in [0.29, 0.717) is 29.4 Å². The summed E-state index contributed by atoms with van der Waals surface area (Å²) in [6.07, 6.45) is 1.33. The lowest BCUT2D eigenvalue weighted by atomic mass is 10.2. The van der Waals surface area contributed by atoms with Crippen molar-refractivity contribution in [1.82, 2.24) is 5.43 Å². The van der Waals surface area contributed by atoms with E-state index in [1.165, 1.54) is 12.3 Å². The van der Waals surface area contributed by atoms with Crippen LogP contribution in [0.15, 0.2) is 65.8 Å². The second-order valence-corrected chi connectivity index (χ2v) is 8.38. The van der Waals surface area contributed by atoms with Gasteiger partial charge in [0, 0.05) is 5.69 Å². The summed E-state index contributed by atoms with van der Waals surface area (Å²) in [5.74, 6) is -1.55. The number of carbonyl (C=O) groups excluding carboxylic acids is 3. The topological polar surface area (TPSA) is 118 Å². The van der Waals surface area contributed by atoms with Crippen LogP contribution in [0.5, 0.6) is 11.5 Å². The second kappa shape index (κ2) is 13.3. The fourth-order valence-corrected chi connectivity index (χ4v) is 3.31. The molecule has 3 amide bonds. The van der Waals surface area contributed by atoms with E-state index in [9.17, 15) is 14.4 Å². The number of benzene rings is 3. The van der Waals surface area contributed by atoms with Gasteiger partial charge in [0.05, 0.1) is 28.6 Å². The first-order valence-electron chi connectivity index (χ1n) is 11.1. The van der Waals surface area contributed by atoms with Gasteiger partial charge in [-0.15, -0.1) is 0 Å². The molecule has 0 saturated heterocycles. The summed E-state index contributed by atoms with van der Waals surface area (Å²) in [6.45, 7) is 3.90. The van der Waals surface area contributed by atoms with E-state index in [2.05, 4.69) is 21.2 Å². The van der Waals surface area contributed by atoms with Crippen molar-refractivity contribution >= 4 is 58.5 Å². The Morgan fingerprint density at radius 2 is 1.68 bits per heavy atom. The Hall–Kier alpha value is -4.08. The summed E-state index contributed by atoms with van der Waals surface area (Å²) < 4.78 is 11.2. The summed E-state index contributed by atoms with van der Waals surface area (Å²) in [7, 11) is 0. The van der Waals surface area contributed by atoms with E-state index in [1.807, 2.05) is 31.2 Å². The van der Waals surface area contributed by atoms with Crippen LogP contribution in [0, 0.1) is 6.92 Å². The van der Waals surface area contributed by atoms with Crippen molar-refractivity contribution in [2.24, 2.45) is 5.10 Å². The fraction of sp³-hybridized carbons (Fsp3) is 0.154. The van der Waals surface area contributed by atoms with Crippen LogP contribution in [-0.4, -0.2) is 37.1 Å². The van der Waals surface area contributed by atoms with Crippen molar-refractivity contribution in [1.29, 1.82) is 0 Å². The maximum atomic E-state index is 12.2. The fourth-order valence-electron chi connectivity index (χ4n) is 2.97. The number of hydrogen-bond donors (Lipinski definition) is 3. The molecule has 0 spiro atoms. The van der Waals surface area contributed by atoms with Crippen molar-refractivity contribution in [2.75, 3.05) is 23.8 Å². The highest BCUT2D eigenvalue weighted by Gasteiger charge is 2.15. The van der Waals surface area contributed by atoms with E-state index in [0.717, 1.165) is 5.56 Å². The standard InChI is InChI=1S/C26H24Cl2N4O5/c1-3-36-22-13-17(9-12-21(22)37-15-23(33)30-18-10-7-16(2)8-11-18)14-29-32-26(35)25(34)31-20-6-4-5-19(27)24(20)28/h4-14H,3,15H2,1-2H3,(H,30,33)(H,31,34)(H,32,35)/b29-14-. The van der Waals surface area contributed by atoms with Crippen LogP contribution in [0.2, 0.25) is 10.0 Å². The predicted molar refractivity (Wildman–Crippen MR) is 144 cm³/mol. The van der Waals surface area contributed by atoms with Gasteiger partial charge in [-0.1, -0.05) is 47.0 Å². The third kappa shape index (κ3) is 8.23. The number of hydrazone groups is 1. The molecule has 9 nitrogen and oxygen atoms in total. The Morgan fingerprint density at radius 3 is 2.41 bits per heavy atom. The summed E-state index contributed by atoms with van der Waals surface area (Å²) in [5.41, 5.74) is 4.64. The minimum absolute atomic E-state index is 0.118. The highest BCUT2D eigenvalue weighted by molar-refractivity contribution is 6.45. The average molecular weight is 543 g/mol. The number of ether oxygens (including phenoxy) is 2. The van der Waals surface area contributed by atoms with E-state index in [-0.39, 0.29) is 28.2 Å². The van der Waals surface area contributed by atoms with Crippen molar-refractivity contribution in [3.8, 4) is 11.5 Å². The Kier molecular flexibility index (Phi) is 9.88. The minimum Gasteiger partial charge on any atom is -0.490 e. The molecule has 0 unspecified atom stereocenters. The third-order valence-electron chi connectivity index (χ3n) is 4.75. The Bertz CT molecular complexity index is 1310. The SMILES string of the molecule is CCOc1cc(/C=N\NC(=O)C(=O)Nc2cccc(Cl)c2Cl)ccc1OCC(=O)Nc1ccc(C)cc1. The number of nitrogens with zero attached hydrogens (tertiary/aromatic N) is 1. The number of halogens is 2. The number of anilines is 2. The number of carbonyl (C=O) groups is 3. The van der Waals surface area contributed by atoms with Crippen LogP contribution in [0.25, 0.3) is 0 Å². The first-order valence-corrected chi connectivity index (χ1v) is 11.9. The zero-order chi connectivity index (χ0) is 26.8. The molecular formula is C26H24Cl2N4O5. The lowest BCUT2D eigenvalue weighted by molar-refractivity contribution is -0.136. The molecule has 0 saturated carbocycles. The van der Waals surface area contributed by atoms with Crippen molar-refractivity contribution < 1.29 is 23.9 Å². The highest BCUT2D eigenvalue weighted by atomic mass is 35.5. The van der Waals surface area contributed by atoms with Gasteiger partial charge in [-0.05, 0) is 61.9 Å². The van der Waals surface area contributed by atoms with Crippen LogP contribution >= 0.6 is 23.2 Å². The molecule has 0 bridgehead atoms. The zero-order valence-corrected chi connectivity index (χ0v) is 21.5. The normalized spacial score (nSPS) is 10.6. The summed E-state index contributed by atoms with van der Waals surface area (Å²) in [6, 6.07) is 16.9. The zero-order valence-electron chi connectivity index (χ0n) is 20.0. The van der Waals surface area contributed by atoms with Gasteiger partial charge in [0.25, 0.3) is 5.91 Å². The molecule has 0 aliphatic rings. The maximum absolute atomic E-state index is 12.2. The largest absolute Gasteiger partial charge is 0.490 e. The molecule has 37 heavy (non-hydrogen) atoms. The minimum atomic E-state index is -1.00. The van der Waals surface area contributed by atoms with Gasteiger partial charge in [-0.3, -0.25) is 14.4 Å². The van der Waals surface area contributed by atoms with Crippen LogP contribution in [0.4, 0.5) is 11.4 Å². The third-order valence-corrected chi connectivity index (χ3v) is 5.57. The summed E-state index contributed by atoms with van der Waals surface area (Å²) >= 11 is 11.9. The molecule has 0 aliphatic heterocycles. The first kappa shape index (κ1) is 27.5. The number of aryl methyl sites for hydroxylation is 1. The molecule has 0 fully saturated rings. The molecule has 192 valence electrons. The lowest BCUT2D eigenvalue weighted by Crippen LogP contribution is -2.32. The van der Waals surface area contributed by atoms with Gasteiger partial charge < -0.3 is 20.1 Å².